The quantitative estimate of drug-likeness (QED) is 0.579. The highest BCUT2D eigenvalue weighted by molar-refractivity contribution is 5.91. The minimum absolute atomic E-state index is 0.111. The standard InChI is InChI=1S/C22H23N5O/c1-14(2)20-23-18-13-9-8-12-17(18)21(25-20)24-19-15(3)26(4)27(22(19)28)16-10-6-5-7-11-16/h5-14H,1-4H3,(H,23,24,25). The summed E-state index contributed by atoms with van der Waals surface area (Å²) in [5.74, 6) is 1.58. The second kappa shape index (κ2) is 6.96. The molecule has 6 nitrogen and oxygen atoms in total. The smallest absolute Gasteiger partial charge is 0.295 e. The molecule has 0 aliphatic rings. The highest BCUT2D eigenvalue weighted by atomic mass is 16.1. The van der Waals surface area contributed by atoms with E-state index in [1.807, 2.05) is 73.3 Å². The Balaban J connectivity index is 1.88. The first-order chi connectivity index (χ1) is 13.5. The van der Waals surface area contributed by atoms with Gasteiger partial charge in [0, 0.05) is 18.4 Å². The summed E-state index contributed by atoms with van der Waals surface area (Å²) in [6.45, 7) is 6.05. The Morgan fingerprint density at radius 1 is 0.964 bits per heavy atom. The summed E-state index contributed by atoms with van der Waals surface area (Å²) < 4.78 is 3.51. The van der Waals surface area contributed by atoms with Crippen molar-refractivity contribution in [1.29, 1.82) is 0 Å². The lowest BCUT2D eigenvalue weighted by molar-refractivity contribution is 0.630. The lowest BCUT2D eigenvalue weighted by Gasteiger charge is -2.11. The number of rotatable bonds is 4. The average molecular weight is 373 g/mol. The van der Waals surface area contributed by atoms with Gasteiger partial charge in [0.1, 0.15) is 17.3 Å². The third-order valence-electron chi connectivity index (χ3n) is 4.93. The third kappa shape index (κ3) is 2.97. The van der Waals surface area contributed by atoms with Crippen molar-refractivity contribution in [3.63, 3.8) is 0 Å². The maximum Gasteiger partial charge on any atom is 0.295 e. The van der Waals surface area contributed by atoms with Crippen molar-refractivity contribution in [2.45, 2.75) is 26.7 Å². The van der Waals surface area contributed by atoms with Crippen LogP contribution in [0.3, 0.4) is 0 Å². The number of hydrogen-bond donors (Lipinski definition) is 1. The van der Waals surface area contributed by atoms with Crippen molar-refractivity contribution >= 4 is 22.4 Å². The molecule has 0 aliphatic carbocycles. The van der Waals surface area contributed by atoms with Gasteiger partial charge in [0.2, 0.25) is 0 Å². The molecule has 1 N–H and O–H groups in total. The molecule has 6 heteroatoms. The Morgan fingerprint density at radius 2 is 1.64 bits per heavy atom. The Kier molecular flexibility index (Phi) is 4.47. The van der Waals surface area contributed by atoms with Crippen LogP contribution in [0.2, 0.25) is 0 Å². The van der Waals surface area contributed by atoms with Crippen molar-refractivity contribution in [3.8, 4) is 5.69 Å². The van der Waals surface area contributed by atoms with Crippen molar-refractivity contribution < 1.29 is 0 Å². The summed E-state index contributed by atoms with van der Waals surface area (Å²) in [5, 5.41) is 4.19. The topological polar surface area (TPSA) is 64.7 Å². The molecule has 2 heterocycles. The normalized spacial score (nSPS) is 11.3. The predicted octanol–water partition coefficient (Wildman–Crippen LogP) is 4.29. The molecular formula is C22H23N5O. The Labute approximate surface area is 163 Å². The van der Waals surface area contributed by atoms with Crippen LogP contribution in [-0.4, -0.2) is 19.3 Å². The van der Waals surface area contributed by atoms with Crippen LogP contribution in [0.4, 0.5) is 11.5 Å². The minimum Gasteiger partial charge on any atom is -0.334 e. The van der Waals surface area contributed by atoms with Gasteiger partial charge in [-0.2, -0.15) is 0 Å². The zero-order valence-corrected chi connectivity index (χ0v) is 16.5. The van der Waals surface area contributed by atoms with E-state index >= 15 is 0 Å². The van der Waals surface area contributed by atoms with Gasteiger partial charge in [-0.05, 0) is 31.2 Å². The van der Waals surface area contributed by atoms with Gasteiger partial charge >= 0.3 is 0 Å². The lowest BCUT2D eigenvalue weighted by atomic mass is 10.1. The molecule has 4 rings (SSSR count). The largest absolute Gasteiger partial charge is 0.334 e. The molecule has 0 aliphatic heterocycles. The van der Waals surface area contributed by atoms with Gasteiger partial charge in [-0.1, -0.05) is 44.2 Å². The Hall–Kier alpha value is -3.41. The van der Waals surface area contributed by atoms with Gasteiger partial charge in [0.05, 0.1) is 16.9 Å². The molecule has 0 saturated carbocycles. The summed E-state index contributed by atoms with van der Waals surface area (Å²) in [6, 6.07) is 17.5. The van der Waals surface area contributed by atoms with Gasteiger partial charge in [0.25, 0.3) is 5.56 Å². The van der Waals surface area contributed by atoms with Crippen LogP contribution in [0.25, 0.3) is 16.6 Å². The molecule has 0 bridgehead atoms. The average Bonchev–Trinajstić information content (AvgIpc) is 2.91. The van der Waals surface area contributed by atoms with E-state index in [-0.39, 0.29) is 11.5 Å². The van der Waals surface area contributed by atoms with E-state index in [2.05, 4.69) is 24.1 Å². The van der Waals surface area contributed by atoms with Crippen LogP contribution in [0.5, 0.6) is 0 Å². The Bertz CT molecular complexity index is 1210. The van der Waals surface area contributed by atoms with E-state index in [1.54, 1.807) is 4.68 Å². The molecule has 0 saturated heterocycles. The maximum atomic E-state index is 13.2. The fraction of sp³-hybridized carbons (Fsp3) is 0.227. The molecule has 2 aromatic carbocycles. The third-order valence-corrected chi connectivity index (χ3v) is 4.93. The van der Waals surface area contributed by atoms with Crippen molar-refractivity contribution in [1.82, 2.24) is 19.3 Å². The monoisotopic (exact) mass is 373 g/mol. The molecular weight excluding hydrogens is 350 g/mol. The van der Waals surface area contributed by atoms with Crippen molar-refractivity contribution in [3.05, 3.63) is 76.5 Å². The van der Waals surface area contributed by atoms with Gasteiger partial charge < -0.3 is 5.32 Å². The van der Waals surface area contributed by atoms with Crippen LogP contribution in [0.15, 0.2) is 59.4 Å². The predicted molar refractivity (Wildman–Crippen MR) is 113 cm³/mol. The number of nitrogens with one attached hydrogen (secondary N) is 1. The van der Waals surface area contributed by atoms with Crippen LogP contribution < -0.4 is 10.9 Å². The number of hydrogen-bond acceptors (Lipinski definition) is 4. The molecule has 0 amide bonds. The number of nitrogens with zero attached hydrogens (tertiary/aromatic N) is 4. The highest BCUT2D eigenvalue weighted by Crippen LogP contribution is 2.26. The molecule has 0 unspecified atom stereocenters. The summed E-state index contributed by atoms with van der Waals surface area (Å²) in [6.07, 6.45) is 0. The first kappa shape index (κ1) is 18.0. The van der Waals surface area contributed by atoms with E-state index in [0.29, 0.717) is 11.5 Å². The molecule has 0 fully saturated rings. The maximum absolute atomic E-state index is 13.2. The molecule has 0 atom stereocenters. The van der Waals surface area contributed by atoms with E-state index in [0.717, 1.165) is 28.1 Å². The van der Waals surface area contributed by atoms with Crippen molar-refractivity contribution in [2.24, 2.45) is 7.05 Å². The number of para-hydroxylation sites is 2. The van der Waals surface area contributed by atoms with E-state index in [4.69, 9.17) is 4.98 Å². The second-order valence-corrected chi connectivity index (χ2v) is 7.16. The van der Waals surface area contributed by atoms with Gasteiger partial charge in [-0.25, -0.2) is 14.6 Å². The fourth-order valence-corrected chi connectivity index (χ4v) is 3.28. The second-order valence-electron chi connectivity index (χ2n) is 7.16. The van der Waals surface area contributed by atoms with E-state index in [9.17, 15) is 4.79 Å². The molecule has 4 aromatic rings. The molecule has 2 aromatic heterocycles. The van der Waals surface area contributed by atoms with Crippen molar-refractivity contribution in [2.75, 3.05) is 5.32 Å². The lowest BCUT2D eigenvalue weighted by Crippen LogP contribution is -2.20. The summed E-state index contributed by atoms with van der Waals surface area (Å²) in [5.41, 5.74) is 2.93. The summed E-state index contributed by atoms with van der Waals surface area (Å²) in [4.78, 5) is 22.6. The van der Waals surface area contributed by atoms with E-state index < -0.39 is 0 Å². The van der Waals surface area contributed by atoms with Gasteiger partial charge in [0.15, 0.2) is 0 Å². The highest BCUT2D eigenvalue weighted by Gasteiger charge is 2.18. The number of benzene rings is 2. The SMILES string of the molecule is Cc1c(Nc2nc(C(C)C)nc3ccccc23)c(=O)n(-c2ccccc2)n1C. The first-order valence-electron chi connectivity index (χ1n) is 9.35. The molecule has 142 valence electrons. The molecule has 28 heavy (non-hydrogen) atoms. The Morgan fingerprint density at radius 3 is 2.36 bits per heavy atom. The number of anilines is 2. The number of fused-ring (bicyclic) bond motifs is 1. The van der Waals surface area contributed by atoms with Gasteiger partial charge in [-0.3, -0.25) is 9.48 Å². The summed E-state index contributed by atoms with van der Waals surface area (Å²) >= 11 is 0. The van der Waals surface area contributed by atoms with Crippen LogP contribution in [-0.2, 0) is 7.05 Å². The molecule has 0 radical (unpaired) electrons. The molecule has 0 spiro atoms. The van der Waals surface area contributed by atoms with E-state index in [1.165, 1.54) is 0 Å². The fourth-order valence-electron chi connectivity index (χ4n) is 3.28. The zero-order valence-electron chi connectivity index (χ0n) is 16.5. The van der Waals surface area contributed by atoms with Crippen LogP contribution in [0.1, 0.15) is 31.3 Å². The first-order valence-corrected chi connectivity index (χ1v) is 9.35. The van der Waals surface area contributed by atoms with Gasteiger partial charge in [-0.15, -0.1) is 0 Å². The van der Waals surface area contributed by atoms with Crippen LogP contribution >= 0.6 is 0 Å². The zero-order chi connectivity index (χ0) is 19.8. The number of aromatic nitrogens is 4. The minimum atomic E-state index is -0.111. The summed E-state index contributed by atoms with van der Waals surface area (Å²) in [7, 11) is 1.88. The van der Waals surface area contributed by atoms with Crippen LogP contribution in [0, 0.1) is 6.92 Å².